The van der Waals surface area contributed by atoms with Crippen LogP contribution in [0.25, 0.3) is 55.6 Å². The van der Waals surface area contributed by atoms with Crippen LogP contribution < -0.4 is 5.19 Å². The zero-order valence-corrected chi connectivity index (χ0v) is 36.2. The van der Waals surface area contributed by atoms with Crippen molar-refractivity contribution < 1.29 is 24.5 Å². The molecule has 1 fully saturated rings. The van der Waals surface area contributed by atoms with Crippen LogP contribution in [0.3, 0.4) is 0 Å². The number of furan rings is 1. The van der Waals surface area contributed by atoms with Crippen LogP contribution in [0.4, 0.5) is 0 Å². The SMILES string of the molecule is CC(C)c1cc(-c2[c-]cccc2)ncc1[Si](C)(C)C.Cc1cccc(-c2cccc3oc4c[c-]c(-c5cc(CC6CCCCC6)ccn5)cc4c23)c1C.[Ir]. The van der Waals surface area contributed by atoms with E-state index in [1.54, 1.807) is 0 Å². The second-order valence-electron chi connectivity index (χ2n) is 16.2. The fourth-order valence-corrected chi connectivity index (χ4v) is 9.61. The molecular weight excluding hydrogens is 853 g/mol. The Balaban J connectivity index is 0.000000213. The van der Waals surface area contributed by atoms with Gasteiger partial charge in [-0.25, -0.2) is 0 Å². The van der Waals surface area contributed by atoms with E-state index in [1.807, 2.05) is 30.5 Å². The monoisotopic (exact) mass is 905 g/mol. The zero-order valence-electron chi connectivity index (χ0n) is 32.8. The van der Waals surface area contributed by atoms with Crippen LogP contribution in [0.2, 0.25) is 19.6 Å². The average Bonchev–Trinajstić information content (AvgIpc) is 3.55. The summed E-state index contributed by atoms with van der Waals surface area (Å²) >= 11 is 0. The molecule has 0 unspecified atom stereocenters. The maximum atomic E-state index is 6.25. The van der Waals surface area contributed by atoms with Gasteiger partial charge in [0.15, 0.2) is 0 Å². The van der Waals surface area contributed by atoms with Gasteiger partial charge < -0.3 is 14.4 Å². The number of hydrogen-bond acceptors (Lipinski definition) is 3. The molecule has 0 saturated heterocycles. The van der Waals surface area contributed by atoms with Gasteiger partial charge in [0.2, 0.25) is 0 Å². The Bertz CT molecular complexity index is 2350. The molecule has 3 heterocycles. The van der Waals surface area contributed by atoms with E-state index in [4.69, 9.17) is 9.40 Å². The molecule has 0 atom stereocenters. The Morgan fingerprint density at radius 3 is 2.28 bits per heavy atom. The standard InChI is InChI=1S/C32H30NO.C17H22NSi.Ir/c1-21-8-6-11-26(22(21)2)27-12-7-13-31-32(27)28-20-25(14-15-30(28)34-31)29-19-24(16-17-33-29)18-23-9-4-3-5-10-23;1-13(2)15-11-16(14-9-7-6-8-10-14)18-12-17(15)19(3,4)5;/h6-8,11-13,15-17,19-20,23H,3-5,9-10,18H2,1-2H3;6-9,11-13H,1-5H3;/q2*-1;. The molecule has 8 rings (SSSR count). The van der Waals surface area contributed by atoms with Crippen LogP contribution in [0, 0.1) is 31.9 Å². The predicted molar refractivity (Wildman–Crippen MR) is 227 cm³/mol. The molecule has 1 saturated carbocycles. The fourth-order valence-electron chi connectivity index (χ4n) is 7.93. The summed E-state index contributed by atoms with van der Waals surface area (Å²) in [6, 6.07) is 38.5. The number of benzene rings is 4. The van der Waals surface area contributed by atoms with E-state index in [-0.39, 0.29) is 20.1 Å². The third kappa shape index (κ3) is 8.70. The van der Waals surface area contributed by atoms with E-state index in [9.17, 15) is 0 Å². The van der Waals surface area contributed by atoms with Crippen molar-refractivity contribution in [3.8, 4) is 33.6 Å². The van der Waals surface area contributed by atoms with Crippen LogP contribution in [0.15, 0.2) is 108 Å². The number of hydrogen-bond donors (Lipinski definition) is 0. The smallest absolute Gasteiger partial charge is 0.121 e. The summed E-state index contributed by atoms with van der Waals surface area (Å²) in [7, 11) is -1.34. The van der Waals surface area contributed by atoms with Crippen molar-refractivity contribution in [2.24, 2.45) is 5.92 Å². The molecule has 0 spiro atoms. The molecule has 3 aromatic heterocycles. The molecule has 279 valence electrons. The molecule has 54 heavy (non-hydrogen) atoms. The maximum Gasteiger partial charge on any atom is 0.121 e. The van der Waals surface area contributed by atoms with Crippen LogP contribution in [-0.4, -0.2) is 18.0 Å². The Hall–Kier alpha value is -4.15. The van der Waals surface area contributed by atoms with Gasteiger partial charge in [0.05, 0.1) is 13.7 Å². The molecule has 0 amide bonds. The van der Waals surface area contributed by atoms with Gasteiger partial charge in [-0.1, -0.05) is 125 Å². The van der Waals surface area contributed by atoms with E-state index >= 15 is 0 Å². The first-order chi connectivity index (χ1) is 25.6. The van der Waals surface area contributed by atoms with Gasteiger partial charge in [0, 0.05) is 37.9 Å². The van der Waals surface area contributed by atoms with Crippen molar-refractivity contribution in [2.75, 3.05) is 0 Å². The molecule has 3 nitrogen and oxygen atoms in total. The first-order valence-corrected chi connectivity index (χ1v) is 22.9. The topological polar surface area (TPSA) is 38.9 Å². The zero-order chi connectivity index (χ0) is 37.1. The van der Waals surface area contributed by atoms with E-state index < -0.39 is 8.07 Å². The summed E-state index contributed by atoms with van der Waals surface area (Å²) in [4.78, 5) is 9.38. The van der Waals surface area contributed by atoms with Gasteiger partial charge in [-0.3, -0.25) is 0 Å². The average molecular weight is 905 g/mol. The van der Waals surface area contributed by atoms with E-state index in [0.717, 1.165) is 51.4 Å². The normalized spacial score (nSPS) is 13.5. The fraction of sp³-hybridized carbons (Fsp3) is 0.306. The molecule has 5 heteroatoms. The predicted octanol–water partition coefficient (Wildman–Crippen LogP) is 13.1. The Labute approximate surface area is 337 Å². The van der Waals surface area contributed by atoms with Gasteiger partial charge >= 0.3 is 0 Å². The number of pyridine rings is 2. The van der Waals surface area contributed by atoms with Gasteiger partial charge in [-0.05, 0) is 83.1 Å². The first-order valence-electron chi connectivity index (χ1n) is 19.4. The van der Waals surface area contributed by atoms with Crippen LogP contribution in [-0.2, 0) is 26.5 Å². The molecular formula is C49H52IrN2OSi-2. The first kappa shape index (κ1) is 39.5. The van der Waals surface area contributed by atoms with Gasteiger partial charge in [0.25, 0.3) is 0 Å². The summed E-state index contributed by atoms with van der Waals surface area (Å²) < 4.78 is 6.25. The summed E-state index contributed by atoms with van der Waals surface area (Å²) in [5.41, 5.74) is 13.8. The minimum atomic E-state index is -1.34. The summed E-state index contributed by atoms with van der Waals surface area (Å²) in [5, 5.41) is 3.77. The molecule has 0 aliphatic heterocycles. The van der Waals surface area contributed by atoms with Crippen LogP contribution in [0.1, 0.15) is 74.1 Å². The molecule has 0 N–H and O–H groups in total. The number of aryl methyl sites for hydroxylation is 1. The summed E-state index contributed by atoms with van der Waals surface area (Å²) in [5.74, 6) is 1.35. The van der Waals surface area contributed by atoms with E-state index in [2.05, 4.69) is 137 Å². The second-order valence-corrected chi connectivity index (χ2v) is 21.3. The van der Waals surface area contributed by atoms with Crippen molar-refractivity contribution >= 4 is 35.2 Å². The minimum Gasteiger partial charge on any atom is -0.500 e. The third-order valence-corrected chi connectivity index (χ3v) is 13.1. The Morgan fingerprint density at radius 1 is 0.778 bits per heavy atom. The van der Waals surface area contributed by atoms with E-state index in [1.165, 1.54) is 76.1 Å². The Morgan fingerprint density at radius 2 is 1.54 bits per heavy atom. The molecule has 1 aliphatic carbocycles. The van der Waals surface area contributed by atoms with Crippen molar-refractivity contribution in [1.82, 2.24) is 9.97 Å². The molecule has 1 radical (unpaired) electrons. The van der Waals surface area contributed by atoms with Crippen molar-refractivity contribution in [3.05, 3.63) is 138 Å². The Kier molecular flexibility index (Phi) is 12.5. The molecule has 1 aliphatic rings. The number of rotatable bonds is 7. The quantitative estimate of drug-likeness (QED) is 0.118. The van der Waals surface area contributed by atoms with Crippen molar-refractivity contribution in [1.29, 1.82) is 0 Å². The van der Waals surface area contributed by atoms with Crippen molar-refractivity contribution in [3.63, 3.8) is 0 Å². The number of fused-ring (bicyclic) bond motifs is 3. The summed E-state index contributed by atoms with van der Waals surface area (Å²) in [6.07, 6.45) is 12.1. The van der Waals surface area contributed by atoms with Gasteiger partial charge in [0.1, 0.15) is 5.58 Å². The minimum absolute atomic E-state index is 0. The van der Waals surface area contributed by atoms with Gasteiger partial charge in [-0.15, -0.1) is 59.7 Å². The van der Waals surface area contributed by atoms with Crippen LogP contribution in [0.5, 0.6) is 0 Å². The molecule has 0 bridgehead atoms. The summed E-state index contributed by atoms with van der Waals surface area (Å²) in [6.45, 7) is 16.0. The second kappa shape index (κ2) is 17.1. The third-order valence-electron chi connectivity index (χ3n) is 11.0. The maximum absolute atomic E-state index is 6.25. The van der Waals surface area contributed by atoms with E-state index in [0.29, 0.717) is 5.92 Å². The van der Waals surface area contributed by atoms with Gasteiger partial charge in [-0.2, -0.15) is 0 Å². The number of aromatic nitrogens is 2. The molecule has 7 aromatic rings. The largest absolute Gasteiger partial charge is 0.500 e. The van der Waals surface area contributed by atoms with Crippen molar-refractivity contribution in [2.45, 2.75) is 91.8 Å². The molecule has 4 aromatic carbocycles. The number of nitrogens with zero attached hydrogens (tertiary/aromatic N) is 2. The van der Waals surface area contributed by atoms with Crippen LogP contribution >= 0.6 is 0 Å².